The molecule has 7 heavy (non-hydrogen) atoms. The minimum atomic E-state index is 0.778. The highest BCUT2D eigenvalue weighted by Gasteiger charge is 2.73. The van der Waals surface area contributed by atoms with Crippen LogP contribution >= 0.6 is 0 Å². The van der Waals surface area contributed by atoms with Gasteiger partial charge in [0, 0.05) is 17.3 Å². The van der Waals surface area contributed by atoms with Crippen LogP contribution in [0.2, 0.25) is 0 Å². The van der Waals surface area contributed by atoms with Gasteiger partial charge < -0.3 is 5.32 Å². The standard InChI is InChI=1S/C6H7N/c1-4-2-6(1,4)5-3-7-5/h3-4,7H,1-2H2. The third-order valence-electron chi connectivity index (χ3n) is 2.51. The lowest BCUT2D eigenvalue weighted by atomic mass is 10.2. The Morgan fingerprint density at radius 3 is 2.43 bits per heavy atom. The maximum atomic E-state index is 3.17. The lowest BCUT2D eigenvalue weighted by Gasteiger charge is -1.88. The van der Waals surface area contributed by atoms with Crippen molar-refractivity contribution in [2.75, 3.05) is 0 Å². The van der Waals surface area contributed by atoms with Crippen LogP contribution in [0.1, 0.15) is 12.8 Å². The van der Waals surface area contributed by atoms with E-state index >= 15 is 0 Å². The molecule has 0 spiro atoms. The quantitative estimate of drug-likeness (QED) is 0.509. The molecule has 0 atom stereocenters. The molecule has 0 amide bonds. The summed E-state index contributed by atoms with van der Waals surface area (Å²) in [5.74, 6) is 1.12. The fourth-order valence-corrected chi connectivity index (χ4v) is 1.47. The highest BCUT2D eigenvalue weighted by atomic mass is 15.1. The van der Waals surface area contributed by atoms with Crippen LogP contribution in [0.25, 0.3) is 0 Å². The van der Waals surface area contributed by atoms with E-state index in [1.165, 1.54) is 12.8 Å². The summed E-state index contributed by atoms with van der Waals surface area (Å²) in [5.41, 5.74) is 2.33. The molecule has 1 aliphatic heterocycles. The summed E-state index contributed by atoms with van der Waals surface area (Å²) in [6.07, 6.45) is 5.13. The zero-order valence-electron chi connectivity index (χ0n) is 4.07. The predicted molar refractivity (Wildman–Crippen MR) is 26.4 cm³/mol. The van der Waals surface area contributed by atoms with Crippen LogP contribution in [0.15, 0.2) is 11.9 Å². The number of hydrogen-bond donors (Lipinski definition) is 1. The molecule has 1 nitrogen and oxygen atoms in total. The first-order valence-corrected chi connectivity index (χ1v) is 2.89. The van der Waals surface area contributed by atoms with Gasteiger partial charge in [0.2, 0.25) is 0 Å². The second-order valence-corrected chi connectivity index (χ2v) is 2.96. The summed E-state index contributed by atoms with van der Waals surface area (Å²) in [7, 11) is 0. The average molecular weight is 93.1 g/mol. The summed E-state index contributed by atoms with van der Waals surface area (Å²) in [6, 6.07) is 0. The van der Waals surface area contributed by atoms with Crippen LogP contribution in [-0.4, -0.2) is 0 Å². The molecule has 0 aromatic carbocycles. The maximum Gasteiger partial charge on any atom is 0.0375 e. The second-order valence-electron chi connectivity index (χ2n) is 2.96. The van der Waals surface area contributed by atoms with Crippen LogP contribution in [0, 0.1) is 11.3 Å². The third-order valence-corrected chi connectivity index (χ3v) is 2.51. The van der Waals surface area contributed by atoms with Crippen LogP contribution in [0.5, 0.6) is 0 Å². The zero-order chi connectivity index (χ0) is 4.48. The van der Waals surface area contributed by atoms with Gasteiger partial charge >= 0.3 is 0 Å². The Morgan fingerprint density at radius 1 is 1.71 bits per heavy atom. The van der Waals surface area contributed by atoms with E-state index < -0.39 is 0 Å². The zero-order valence-corrected chi connectivity index (χ0v) is 4.07. The second kappa shape index (κ2) is 0.473. The first-order valence-electron chi connectivity index (χ1n) is 2.89. The molecule has 3 rings (SSSR count). The molecule has 1 heterocycles. The molecule has 0 bridgehead atoms. The molecule has 3 aliphatic rings. The van der Waals surface area contributed by atoms with E-state index in [1.807, 2.05) is 0 Å². The third kappa shape index (κ3) is 0.165. The average Bonchev–Trinajstić information content (AvgIpc) is 2.20. The largest absolute Gasteiger partial charge is 0.362 e. The van der Waals surface area contributed by atoms with Crippen molar-refractivity contribution in [3.8, 4) is 0 Å². The van der Waals surface area contributed by atoms with Gasteiger partial charge in [-0.2, -0.15) is 0 Å². The van der Waals surface area contributed by atoms with Crippen molar-refractivity contribution in [1.29, 1.82) is 0 Å². The van der Waals surface area contributed by atoms with Crippen molar-refractivity contribution in [1.82, 2.24) is 5.32 Å². The van der Waals surface area contributed by atoms with Crippen molar-refractivity contribution >= 4 is 0 Å². The highest BCUT2D eigenvalue weighted by Crippen LogP contribution is 2.79. The van der Waals surface area contributed by atoms with Gasteiger partial charge in [-0.3, -0.25) is 0 Å². The molecule has 36 valence electrons. The normalized spacial score (nSPS) is 59.4. The van der Waals surface area contributed by atoms with Crippen molar-refractivity contribution in [3.05, 3.63) is 11.9 Å². The number of hydrogen-bond acceptors (Lipinski definition) is 1. The minimum Gasteiger partial charge on any atom is -0.362 e. The Labute approximate surface area is 42.4 Å². The van der Waals surface area contributed by atoms with Crippen LogP contribution in [0.4, 0.5) is 0 Å². The Bertz CT molecular complexity index is 163. The van der Waals surface area contributed by atoms with E-state index in [-0.39, 0.29) is 0 Å². The Balaban J connectivity index is 2.07. The number of fused-ring (bicyclic) bond motifs is 1. The van der Waals surface area contributed by atoms with Gasteiger partial charge in [-0.25, -0.2) is 0 Å². The molecule has 0 saturated heterocycles. The summed E-state index contributed by atoms with van der Waals surface area (Å²) in [6.45, 7) is 0. The molecule has 1 heteroatoms. The van der Waals surface area contributed by atoms with Gasteiger partial charge in [-0.1, -0.05) is 0 Å². The molecule has 2 aliphatic carbocycles. The monoisotopic (exact) mass is 93.1 g/mol. The van der Waals surface area contributed by atoms with E-state index in [9.17, 15) is 0 Å². The van der Waals surface area contributed by atoms with Gasteiger partial charge in [-0.05, 0) is 18.8 Å². The van der Waals surface area contributed by atoms with Gasteiger partial charge in [0.25, 0.3) is 0 Å². The van der Waals surface area contributed by atoms with E-state index in [0.29, 0.717) is 0 Å². The predicted octanol–water partition coefficient (Wildman–Crippen LogP) is 0.841. The van der Waals surface area contributed by atoms with Crippen LogP contribution < -0.4 is 5.32 Å². The van der Waals surface area contributed by atoms with E-state index in [4.69, 9.17) is 0 Å². The van der Waals surface area contributed by atoms with E-state index in [0.717, 1.165) is 11.3 Å². The molecule has 0 radical (unpaired) electrons. The molecular weight excluding hydrogens is 86.1 g/mol. The first kappa shape index (κ1) is 2.75. The highest BCUT2D eigenvalue weighted by molar-refractivity contribution is 5.42. The van der Waals surface area contributed by atoms with Gasteiger partial charge in [0.15, 0.2) is 0 Å². The van der Waals surface area contributed by atoms with E-state index in [2.05, 4.69) is 11.5 Å². The Morgan fingerprint density at radius 2 is 2.29 bits per heavy atom. The minimum absolute atomic E-state index is 0.778. The maximum absolute atomic E-state index is 3.17. The van der Waals surface area contributed by atoms with E-state index in [1.54, 1.807) is 5.70 Å². The van der Waals surface area contributed by atoms with Gasteiger partial charge in [0.05, 0.1) is 0 Å². The lowest BCUT2D eigenvalue weighted by molar-refractivity contribution is 0.759. The molecule has 1 N–H and O–H groups in total. The molecular formula is C6H7N. The Kier molecular flexibility index (Phi) is 0.186. The Hall–Kier alpha value is -0.460. The molecule has 2 saturated carbocycles. The van der Waals surface area contributed by atoms with Crippen molar-refractivity contribution < 1.29 is 0 Å². The summed E-state index contributed by atoms with van der Waals surface area (Å²) in [4.78, 5) is 0. The van der Waals surface area contributed by atoms with Crippen LogP contribution in [0.3, 0.4) is 0 Å². The molecule has 0 aromatic heterocycles. The summed E-state index contributed by atoms with van der Waals surface area (Å²) >= 11 is 0. The molecule has 2 fully saturated rings. The number of rotatable bonds is 1. The van der Waals surface area contributed by atoms with Gasteiger partial charge in [0.1, 0.15) is 0 Å². The molecule has 0 unspecified atom stereocenters. The van der Waals surface area contributed by atoms with Crippen molar-refractivity contribution in [3.63, 3.8) is 0 Å². The summed E-state index contributed by atoms with van der Waals surface area (Å²) in [5, 5.41) is 3.17. The number of nitrogens with one attached hydrogen (secondary N) is 1. The lowest BCUT2D eigenvalue weighted by Crippen LogP contribution is -1.87. The fourth-order valence-electron chi connectivity index (χ4n) is 1.47. The topological polar surface area (TPSA) is 21.9 Å². The van der Waals surface area contributed by atoms with Crippen molar-refractivity contribution in [2.24, 2.45) is 11.3 Å². The SMILES string of the molecule is C1=C(C23CC2C3)N1. The van der Waals surface area contributed by atoms with Crippen molar-refractivity contribution in [2.45, 2.75) is 12.8 Å². The first-order chi connectivity index (χ1) is 3.42. The number of allylic oxidation sites excluding steroid dienone is 1. The fraction of sp³-hybridized carbons (Fsp3) is 0.667. The molecule has 0 aromatic rings. The smallest absolute Gasteiger partial charge is 0.0375 e. The summed E-state index contributed by atoms with van der Waals surface area (Å²) < 4.78 is 0. The van der Waals surface area contributed by atoms with Crippen LogP contribution in [-0.2, 0) is 0 Å². The van der Waals surface area contributed by atoms with Gasteiger partial charge in [-0.15, -0.1) is 0 Å².